The van der Waals surface area contributed by atoms with Crippen molar-refractivity contribution in [2.45, 2.75) is 45.2 Å². The second-order valence-corrected chi connectivity index (χ2v) is 7.89. The average molecular weight is 433 g/mol. The summed E-state index contributed by atoms with van der Waals surface area (Å²) >= 11 is 6.13. The number of carbonyl (C=O) groups is 3. The number of nitrogens with zero attached hydrogens (tertiary/aromatic N) is 2. The van der Waals surface area contributed by atoms with Crippen LogP contribution in [0.1, 0.15) is 48.5 Å². The lowest BCUT2D eigenvalue weighted by Gasteiger charge is -2.29. The molecule has 2 N–H and O–H groups in total. The number of ether oxygens (including phenoxy) is 1. The van der Waals surface area contributed by atoms with E-state index in [1.54, 1.807) is 10.7 Å². The number of aromatic nitrogens is 2. The number of hydrogen-bond donors (Lipinski definition) is 2. The summed E-state index contributed by atoms with van der Waals surface area (Å²) in [4.78, 5) is 36.0. The Bertz CT molecular complexity index is 914. The molecule has 2 unspecified atom stereocenters. The number of rotatable bonds is 6. The second-order valence-electron chi connectivity index (χ2n) is 7.48. The molecule has 1 aromatic heterocycles. The topological polar surface area (TPSA) is 102 Å². The summed E-state index contributed by atoms with van der Waals surface area (Å²) in [6, 6.07) is 6.83. The summed E-state index contributed by atoms with van der Waals surface area (Å²) < 4.78 is 6.53. The molecule has 1 heterocycles. The Morgan fingerprint density at radius 3 is 2.77 bits per heavy atom. The van der Waals surface area contributed by atoms with E-state index in [2.05, 4.69) is 22.7 Å². The highest BCUT2D eigenvalue weighted by atomic mass is 35.5. The van der Waals surface area contributed by atoms with E-state index in [4.69, 9.17) is 16.3 Å². The standard InChI is InChI=1S/C21H25ClN4O4/c1-14-6-2-5-9-18(14)24-21(29)25-19(27)13-30-20(28)16-10-23-26(12-16)11-15-7-3-4-8-17(15)22/h3-4,7-8,10,12,14,18H,2,5-6,9,11,13H2,1H3,(H2,24,25,27,29). The number of imide groups is 1. The molecule has 3 rings (SSSR count). The summed E-state index contributed by atoms with van der Waals surface area (Å²) in [5, 5.41) is 9.73. The van der Waals surface area contributed by atoms with Gasteiger partial charge in [-0.25, -0.2) is 9.59 Å². The fourth-order valence-electron chi connectivity index (χ4n) is 3.47. The van der Waals surface area contributed by atoms with Gasteiger partial charge < -0.3 is 10.1 Å². The van der Waals surface area contributed by atoms with Gasteiger partial charge in [0.15, 0.2) is 6.61 Å². The molecule has 8 nitrogen and oxygen atoms in total. The average Bonchev–Trinajstić information content (AvgIpc) is 3.18. The van der Waals surface area contributed by atoms with Crippen LogP contribution < -0.4 is 10.6 Å². The van der Waals surface area contributed by atoms with Crippen LogP contribution in [0.5, 0.6) is 0 Å². The summed E-state index contributed by atoms with van der Waals surface area (Å²) in [7, 11) is 0. The Balaban J connectivity index is 1.44. The minimum absolute atomic E-state index is 0.0538. The molecule has 1 aliphatic rings. The predicted octanol–water partition coefficient (Wildman–Crippen LogP) is 3.15. The van der Waals surface area contributed by atoms with Crippen molar-refractivity contribution in [1.82, 2.24) is 20.4 Å². The van der Waals surface area contributed by atoms with Crippen LogP contribution in [0.25, 0.3) is 0 Å². The monoisotopic (exact) mass is 432 g/mol. The first-order valence-corrected chi connectivity index (χ1v) is 10.3. The van der Waals surface area contributed by atoms with Crippen molar-refractivity contribution in [2.75, 3.05) is 6.61 Å². The summed E-state index contributed by atoms with van der Waals surface area (Å²) in [6.07, 6.45) is 7.04. The molecule has 0 radical (unpaired) electrons. The quantitative estimate of drug-likeness (QED) is 0.682. The van der Waals surface area contributed by atoms with E-state index < -0.39 is 24.5 Å². The van der Waals surface area contributed by atoms with Crippen LogP contribution in [0.4, 0.5) is 4.79 Å². The van der Waals surface area contributed by atoms with E-state index in [9.17, 15) is 14.4 Å². The summed E-state index contributed by atoms with van der Waals surface area (Å²) in [5.41, 5.74) is 1.06. The van der Waals surface area contributed by atoms with Gasteiger partial charge >= 0.3 is 12.0 Å². The van der Waals surface area contributed by atoms with Gasteiger partial charge in [-0.2, -0.15) is 5.10 Å². The van der Waals surface area contributed by atoms with Crippen molar-refractivity contribution in [3.05, 3.63) is 52.8 Å². The normalized spacial score (nSPS) is 18.5. The number of esters is 1. The number of nitrogens with one attached hydrogen (secondary N) is 2. The zero-order valence-electron chi connectivity index (χ0n) is 16.8. The Hall–Kier alpha value is -2.87. The molecule has 0 bridgehead atoms. The Morgan fingerprint density at radius 1 is 1.23 bits per heavy atom. The van der Waals surface area contributed by atoms with Crippen LogP contribution in [-0.2, 0) is 16.1 Å². The molecule has 2 atom stereocenters. The van der Waals surface area contributed by atoms with Crippen molar-refractivity contribution < 1.29 is 19.1 Å². The van der Waals surface area contributed by atoms with E-state index >= 15 is 0 Å². The first-order valence-electron chi connectivity index (χ1n) is 9.95. The molecule has 2 aromatic rings. The maximum atomic E-state index is 12.1. The van der Waals surface area contributed by atoms with E-state index in [-0.39, 0.29) is 11.6 Å². The van der Waals surface area contributed by atoms with Gasteiger partial charge in [0.1, 0.15) is 0 Å². The Labute approximate surface area is 179 Å². The van der Waals surface area contributed by atoms with Gasteiger partial charge in [0, 0.05) is 17.3 Å². The Morgan fingerprint density at radius 2 is 2.00 bits per heavy atom. The van der Waals surface area contributed by atoms with Gasteiger partial charge in [0.2, 0.25) is 0 Å². The van der Waals surface area contributed by atoms with E-state index in [0.717, 1.165) is 31.2 Å². The summed E-state index contributed by atoms with van der Waals surface area (Å²) in [5.74, 6) is -1.01. The zero-order chi connectivity index (χ0) is 21.5. The summed E-state index contributed by atoms with van der Waals surface area (Å²) in [6.45, 7) is 1.93. The van der Waals surface area contributed by atoms with Crippen LogP contribution in [0.2, 0.25) is 5.02 Å². The number of urea groups is 1. The molecule has 1 saturated carbocycles. The van der Waals surface area contributed by atoms with Crippen LogP contribution >= 0.6 is 11.6 Å². The first kappa shape index (κ1) is 21.8. The fraction of sp³-hybridized carbons (Fsp3) is 0.429. The highest BCUT2D eigenvalue weighted by Crippen LogP contribution is 2.23. The maximum absolute atomic E-state index is 12.1. The third-order valence-corrected chi connectivity index (χ3v) is 5.54. The highest BCUT2D eigenvalue weighted by Gasteiger charge is 2.23. The predicted molar refractivity (Wildman–Crippen MR) is 111 cm³/mol. The molecule has 30 heavy (non-hydrogen) atoms. The lowest BCUT2D eigenvalue weighted by atomic mass is 9.86. The largest absolute Gasteiger partial charge is 0.452 e. The number of benzene rings is 1. The van der Waals surface area contributed by atoms with Crippen LogP contribution in [0.3, 0.4) is 0 Å². The van der Waals surface area contributed by atoms with Crippen molar-refractivity contribution in [1.29, 1.82) is 0 Å². The molecule has 3 amide bonds. The molecule has 0 aliphatic heterocycles. The minimum atomic E-state index is -0.697. The lowest BCUT2D eigenvalue weighted by molar-refractivity contribution is -0.123. The second kappa shape index (κ2) is 10.2. The fourth-order valence-corrected chi connectivity index (χ4v) is 3.66. The van der Waals surface area contributed by atoms with E-state index in [0.29, 0.717) is 17.5 Å². The van der Waals surface area contributed by atoms with Gasteiger partial charge in [-0.1, -0.05) is 49.6 Å². The molecule has 0 saturated heterocycles. The van der Waals surface area contributed by atoms with Crippen LogP contribution in [-0.4, -0.2) is 40.3 Å². The van der Waals surface area contributed by atoms with Gasteiger partial charge in [-0.15, -0.1) is 0 Å². The maximum Gasteiger partial charge on any atom is 0.341 e. The number of halogens is 1. The van der Waals surface area contributed by atoms with Gasteiger partial charge in [-0.3, -0.25) is 14.8 Å². The molecular weight excluding hydrogens is 408 g/mol. The number of hydrogen-bond acceptors (Lipinski definition) is 5. The van der Waals surface area contributed by atoms with E-state index in [1.165, 1.54) is 12.4 Å². The molecule has 1 fully saturated rings. The van der Waals surface area contributed by atoms with Crippen LogP contribution in [0.15, 0.2) is 36.7 Å². The van der Waals surface area contributed by atoms with Crippen molar-refractivity contribution >= 4 is 29.5 Å². The third kappa shape index (κ3) is 6.06. The first-order chi connectivity index (χ1) is 14.4. The smallest absolute Gasteiger partial charge is 0.341 e. The van der Waals surface area contributed by atoms with Gasteiger partial charge in [0.05, 0.1) is 18.3 Å². The van der Waals surface area contributed by atoms with Crippen molar-refractivity contribution in [3.63, 3.8) is 0 Å². The molecule has 0 spiro atoms. The molecule has 160 valence electrons. The van der Waals surface area contributed by atoms with Gasteiger partial charge in [-0.05, 0) is 30.4 Å². The third-order valence-electron chi connectivity index (χ3n) is 5.17. The lowest BCUT2D eigenvalue weighted by Crippen LogP contribution is -2.48. The SMILES string of the molecule is CC1CCCCC1NC(=O)NC(=O)COC(=O)c1cnn(Cc2ccccc2Cl)c1. The number of amides is 3. The molecule has 9 heteroatoms. The van der Waals surface area contributed by atoms with Crippen LogP contribution in [0, 0.1) is 5.92 Å². The van der Waals surface area contributed by atoms with Crippen molar-refractivity contribution in [2.24, 2.45) is 5.92 Å². The minimum Gasteiger partial charge on any atom is -0.452 e. The highest BCUT2D eigenvalue weighted by molar-refractivity contribution is 6.31. The molecule has 1 aromatic carbocycles. The van der Waals surface area contributed by atoms with Crippen molar-refractivity contribution in [3.8, 4) is 0 Å². The number of carbonyl (C=O) groups excluding carboxylic acids is 3. The van der Waals surface area contributed by atoms with Gasteiger partial charge in [0.25, 0.3) is 5.91 Å². The Kier molecular flexibility index (Phi) is 7.46. The molecular formula is C21H25ClN4O4. The van der Waals surface area contributed by atoms with E-state index in [1.807, 2.05) is 18.2 Å². The zero-order valence-corrected chi connectivity index (χ0v) is 17.5. The molecule has 1 aliphatic carbocycles.